The third kappa shape index (κ3) is 5.77. The lowest BCUT2D eigenvalue weighted by Gasteiger charge is -2.06. The van der Waals surface area contributed by atoms with Crippen LogP contribution in [0.4, 0.5) is 17.1 Å². The minimum Gasteiger partial charge on any atom is -0.502 e. The Balaban J connectivity index is 1.64. The zero-order valence-electron chi connectivity index (χ0n) is 17.0. The lowest BCUT2D eigenvalue weighted by molar-refractivity contribution is -0.386. The molecule has 172 valence electrons. The molecule has 12 nitrogen and oxygen atoms in total. The quantitative estimate of drug-likeness (QED) is 0.236. The first-order valence-corrected chi connectivity index (χ1v) is 10.1. The zero-order chi connectivity index (χ0) is 24.8. The van der Waals surface area contributed by atoms with E-state index in [9.17, 15) is 34.9 Å². The fourth-order valence-electron chi connectivity index (χ4n) is 2.74. The number of nitrogens with zero attached hydrogens (tertiary/aromatic N) is 3. The second-order valence-corrected chi connectivity index (χ2v) is 7.57. The SMILES string of the molecule is O=C(N/N=C\c1cc(Br)cc([N+](=O)[O-])c1O)c1ccc(NC(=O)c2cccc([N+](=O)[O-])c2)cc1. The molecule has 0 bridgehead atoms. The van der Waals surface area contributed by atoms with Crippen molar-refractivity contribution in [3.8, 4) is 5.75 Å². The first-order chi connectivity index (χ1) is 16.2. The monoisotopic (exact) mass is 527 g/mol. The van der Waals surface area contributed by atoms with Gasteiger partial charge in [-0.2, -0.15) is 5.10 Å². The van der Waals surface area contributed by atoms with Crippen LogP contribution in [0.5, 0.6) is 5.75 Å². The van der Waals surface area contributed by atoms with Gasteiger partial charge in [0, 0.05) is 45.0 Å². The molecule has 13 heteroatoms. The van der Waals surface area contributed by atoms with Crippen molar-refractivity contribution in [3.63, 3.8) is 0 Å². The fraction of sp³-hybridized carbons (Fsp3) is 0. The smallest absolute Gasteiger partial charge is 0.312 e. The number of amides is 2. The summed E-state index contributed by atoms with van der Waals surface area (Å²) in [6, 6.07) is 13.5. The summed E-state index contributed by atoms with van der Waals surface area (Å²) in [7, 11) is 0. The van der Waals surface area contributed by atoms with Crippen molar-refractivity contribution in [3.05, 3.63) is 102 Å². The lowest BCUT2D eigenvalue weighted by Crippen LogP contribution is -2.18. The summed E-state index contributed by atoms with van der Waals surface area (Å²) in [6.45, 7) is 0. The molecule has 0 heterocycles. The van der Waals surface area contributed by atoms with Gasteiger partial charge in [-0.15, -0.1) is 0 Å². The van der Waals surface area contributed by atoms with E-state index in [0.29, 0.717) is 10.2 Å². The molecule has 0 fully saturated rings. The van der Waals surface area contributed by atoms with Crippen LogP contribution in [0.1, 0.15) is 26.3 Å². The molecular formula is C21H14BrN5O7. The molecule has 0 aliphatic heterocycles. The number of hydrogen-bond acceptors (Lipinski definition) is 8. The Bertz CT molecular complexity index is 1330. The molecule has 3 N–H and O–H groups in total. The van der Waals surface area contributed by atoms with Gasteiger partial charge in [-0.25, -0.2) is 5.43 Å². The zero-order valence-corrected chi connectivity index (χ0v) is 18.6. The van der Waals surface area contributed by atoms with Crippen molar-refractivity contribution in [2.24, 2.45) is 5.10 Å². The molecule has 3 aromatic carbocycles. The normalized spacial score (nSPS) is 10.6. The Kier molecular flexibility index (Phi) is 7.28. The third-order valence-electron chi connectivity index (χ3n) is 4.37. The van der Waals surface area contributed by atoms with Crippen LogP contribution in [0.3, 0.4) is 0 Å². The summed E-state index contributed by atoms with van der Waals surface area (Å²) in [5.41, 5.74) is 2.14. The lowest BCUT2D eigenvalue weighted by atomic mass is 10.1. The van der Waals surface area contributed by atoms with Gasteiger partial charge in [-0.1, -0.05) is 22.0 Å². The summed E-state index contributed by atoms with van der Waals surface area (Å²) >= 11 is 3.10. The minimum absolute atomic E-state index is 0.0144. The van der Waals surface area contributed by atoms with Crippen LogP contribution in [0, 0.1) is 20.2 Å². The number of hydrazone groups is 1. The van der Waals surface area contributed by atoms with Crippen LogP contribution in [0.15, 0.2) is 70.2 Å². The van der Waals surface area contributed by atoms with E-state index in [1.807, 2.05) is 0 Å². The van der Waals surface area contributed by atoms with Gasteiger partial charge < -0.3 is 10.4 Å². The maximum absolute atomic E-state index is 12.3. The van der Waals surface area contributed by atoms with Crippen molar-refractivity contribution >= 4 is 51.0 Å². The summed E-state index contributed by atoms with van der Waals surface area (Å²) in [5, 5.41) is 38.0. The van der Waals surface area contributed by atoms with Crippen LogP contribution < -0.4 is 10.7 Å². The highest BCUT2D eigenvalue weighted by Gasteiger charge is 2.18. The molecule has 0 spiro atoms. The Morgan fingerprint density at radius 3 is 2.29 bits per heavy atom. The van der Waals surface area contributed by atoms with Gasteiger partial charge in [0.15, 0.2) is 0 Å². The number of non-ortho nitro benzene ring substituents is 1. The second kappa shape index (κ2) is 10.3. The molecule has 0 atom stereocenters. The highest BCUT2D eigenvalue weighted by molar-refractivity contribution is 9.10. The highest BCUT2D eigenvalue weighted by atomic mass is 79.9. The Labute approximate surface area is 199 Å². The number of phenolic OH excluding ortho intramolecular Hbond substituents is 1. The van der Waals surface area contributed by atoms with Crippen molar-refractivity contribution in [1.82, 2.24) is 5.43 Å². The number of hydrogen-bond donors (Lipinski definition) is 3. The molecule has 3 rings (SSSR count). The summed E-state index contributed by atoms with van der Waals surface area (Å²) in [4.78, 5) is 45.0. The molecule has 3 aromatic rings. The van der Waals surface area contributed by atoms with Crippen molar-refractivity contribution in [2.75, 3.05) is 5.32 Å². The van der Waals surface area contributed by atoms with Gasteiger partial charge in [0.1, 0.15) is 0 Å². The second-order valence-electron chi connectivity index (χ2n) is 6.66. The van der Waals surface area contributed by atoms with Gasteiger partial charge in [0.05, 0.1) is 16.1 Å². The molecule has 0 aliphatic rings. The van der Waals surface area contributed by atoms with Crippen molar-refractivity contribution < 1.29 is 24.5 Å². The molecule has 0 aliphatic carbocycles. The highest BCUT2D eigenvalue weighted by Crippen LogP contribution is 2.32. The van der Waals surface area contributed by atoms with Gasteiger partial charge in [0.2, 0.25) is 5.75 Å². The number of nitro benzene ring substituents is 2. The van der Waals surface area contributed by atoms with E-state index in [2.05, 4.69) is 31.8 Å². The van der Waals surface area contributed by atoms with E-state index in [1.54, 1.807) is 0 Å². The molecule has 34 heavy (non-hydrogen) atoms. The summed E-state index contributed by atoms with van der Waals surface area (Å²) in [5.74, 6) is -1.78. The number of nitrogens with one attached hydrogen (secondary N) is 2. The summed E-state index contributed by atoms with van der Waals surface area (Å²) in [6.07, 6.45) is 1.05. The van der Waals surface area contributed by atoms with E-state index < -0.39 is 33.1 Å². The predicted octanol–water partition coefficient (Wildman–Crippen LogP) is 3.99. The number of carbonyl (C=O) groups excluding carboxylic acids is 2. The largest absolute Gasteiger partial charge is 0.502 e. The number of phenols is 1. The molecule has 0 unspecified atom stereocenters. The third-order valence-corrected chi connectivity index (χ3v) is 4.83. The van der Waals surface area contributed by atoms with Crippen LogP contribution >= 0.6 is 15.9 Å². The Hall–Kier alpha value is -4.65. The number of nitro groups is 2. The topological polar surface area (TPSA) is 177 Å². The number of benzene rings is 3. The standard InChI is InChI=1S/C21H14BrN5O7/c22-15-8-14(19(28)18(10-15)27(33)34)11-23-25-21(30)12-4-6-16(7-5-12)24-20(29)13-2-1-3-17(9-13)26(31)32/h1-11,28H,(H,24,29)(H,25,30)/b23-11-. The first-order valence-electron chi connectivity index (χ1n) is 9.32. The van der Waals surface area contributed by atoms with E-state index >= 15 is 0 Å². The fourth-order valence-corrected chi connectivity index (χ4v) is 3.20. The predicted molar refractivity (Wildman–Crippen MR) is 125 cm³/mol. The van der Waals surface area contributed by atoms with Crippen LogP contribution in [0.2, 0.25) is 0 Å². The molecule has 0 aromatic heterocycles. The maximum Gasteiger partial charge on any atom is 0.312 e. The van der Waals surface area contributed by atoms with Gasteiger partial charge >= 0.3 is 5.69 Å². The molecule has 0 saturated carbocycles. The van der Waals surface area contributed by atoms with Crippen molar-refractivity contribution in [1.29, 1.82) is 0 Å². The maximum atomic E-state index is 12.3. The number of carbonyl (C=O) groups is 2. The first kappa shape index (κ1) is 24.0. The number of anilines is 1. The molecule has 0 radical (unpaired) electrons. The molecule has 0 saturated heterocycles. The minimum atomic E-state index is -0.755. The number of aromatic hydroxyl groups is 1. The van der Waals surface area contributed by atoms with E-state index in [1.165, 1.54) is 48.5 Å². The molecular weight excluding hydrogens is 514 g/mol. The Morgan fingerprint density at radius 2 is 1.65 bits per heavy atom. The van der Waals surface area contributed by atoms with E-state index in [4.69, 9.17) is 0 Å². The summed E-state index contributed by atoms with van der Waals surface area (Å²) < 4.78 is 0.340. The number of halogens is 1. The number of rotatable bonds is 7. The van der Waals surface area contributed by atoms with Gasteiger partial charge in [-0.3, -0.25) is 29.8 Å². The van der Waals surface area contributed by atoms with Crippen molar-refractivity contribution in [2.45, 2.75) is 0 Å². The van der Waals surface area contributed by atoms with Crippen LogP contribution in [-0.4, -0.2) is 33.0 Å². The average Bonchev–Trinajstić information content (AvgIpc) is 2.81. The van der Waals surface area contributed by atoms with Gasteiger partial charge in [-0.05, 0) is 36.4 Å². The Morgan fingerprint density at radius 1 is 0.941 bits per heavy atom. The van der Waals surface area contributed by atoms with Crippen LogP contribution in [0.25, 0.3) is 0 Å². The van der Waals surface area contributed by atoms with E-state index in [-0.39, 0.29) is 22.4 Å². The van der Waals surface area contributed by atoms with E-state index in [0.717, 1.165) is 18.3 Å². The molecule has 2 amide bonds. The van der Waals surface area contributed by atoms with Gasteiger partial charge in [0.25, 0.3) is 17.5 Å². The average molecular weight is 528 g/mol. The van der Waals surface area contributed by atoms with Crippen LogP contribution in [-0.2, 0) is 0 Å².